The van der Waals surface area contributed by atoms with Crippen LogP contribution in [0.4, 0.5) is 18.0 Å². The first kappa shape index (κ1) is 16.7. The summed E-state index contributed by atoms with van der Waals surface area (Å²) in [5.41, 5.74) is -2.24. The fourth-order valence-corrected chi connectivity index (χ4v) is 1.39. The van der Waals surface area contributed by atoms with E-state index in [1.807, 2.05) is 0 Å². The van der Waals surface area contributed by atoms with E-state index in [0.29, 0.717) is 18.3 Å². The number of pyridine rings is 1. The lowest BCUT2D eigenvalue weighted by Gasteiger charge is -2.28. The van der Waals surface area contributed by atoms with Crippen LogP contribution in [0, 0.1) is 6.92 Å². The molecule has 1 unspecified atom stereocenters. The average Bonchev–Trinajstić information content (AvgIpc) is 2.34. The first-order chi connectivity index (χ1) is 9.56. The van der Waals surface area contributed by atoms with Crippen LogP contribution >= 0.6 is 0 Å². The summed E-state index contributed by atoms with van der Waals surface area (Å²) in [6, 6.07) is 3.72. The molecule has 0 fully saturated rings. The molecule has 1 aromatic rings. The van der Waals surface area contributed by atoms with Crippen LogP contribution in [0.25, 0.3) is 0 Å². The quantitative estimate of drug-likeness (QED) is 0.788. The van der Waals surface area contributed by atoms with Crippen molar-refractivity contribution in [2.75, 3.05) is 0 Å². The van der Waals surface area contributed by atoms with E-state index < -0.39 is 23.7 Å². The van der Waals surface area contributed by atoms with Gasteiger partial charge in [0.25, 0.3) is 0 Å². The highest BCUT2D eigenvalue weighted by molar-refractivity contribution is 5.86. The number of carbonyl (C=O) groups is 2. The number of carboxylic acids is 1. The third kappa shape index (κ3) is 4.07. The van der Waals surface area contributed by atoms with E-state index >= 15 is 0 Å². The number of carbonyl (C=O) groups excluding carboxylic acids is 1. The van der Waals surface area contributed by atoms with Gasteiger partial charge >= 0.3 is 18.2 Å². The molecule has 1 aromatic heterocycles. The molecule has 2 amide bonds. The summed E-state index contributed by atoms with van der Waals surface area (Å²) in [5.74, 6) is -2.20. The number of aliphatic carboxylic acids is 1. The molecule has 3 N–H and O–H groups in total. The van der Waals surface area contributed by atoms with Gasteiger partial charge in [-0.25, -0.2) is 9.59 Å². The van der Waals surface area contributed by atoms with Gasteiger partial charge in [-0.3, -0.25) is 4.98 Å². The number of amides is 2. The monoisotopic (exact) mass is 305 g/mol. The molecule has 6 nitrogen and oxygen atoms in total. The number of halogens is 3. The Hall–Kier alpha value is -2.32. The molecule has 116 valence electrons. The number of carboxylic acid groups (broad SMARTS) is 1. The number of rotatable bonds is 4. The lowest BCUT2D eigenvalue weighted by Crippen LogP contribution is -2.63. The van der Waals surface area contributed by atoms with Crippen LogP contribution in [0.15, 0.2) is 18.2 Å². The van der Waals surface area contributed by atoms with Crippen molar-refractivity contribution < 1.29 is 27.9 Å². The van der Waals surface area contributed by atoms with Crippen molar-refractivity contribution in [1.82, 2.24) is 15.6 Å². The molecule has 0 bridgehead atoms. The van der Waals surface area contributed by atoms with Crippen LogP contribution in [0.5, 0.6) is 0 Å². The minimum absolute atomic E-state index is 0.124. The van der Waals surface area contributed by atoms with Crippen molar-refractivity contribution in [3.8, 4) is 0 Å². The lowest BCUT2D eigenvalue weighted by atomic mass is 10.0. The molecule has 1 rings (SSSR count). The molecule has 1 atom stereocenters. The Kier molecular flexibility index (Phi) is 4.77. The number of nitrogens with zero attached hydrogens (tertiary/aromatic N) is 1. The summed E-state index contributed by atoms with van der Waals surface area (Å²) in [5, 5.41) is 12.2. The number of hydrogen-bond acceptors (Lipinski definition) is 3. The first-order valence-corrected chi connectivity index (χ1v) is 5.85. The van der Waals surface area contributed by atoms with E-state index in [4.69, 9.17) is 5.11 Å². The second-order valence-electron chi connectivity index (χ2n) is 4.51. The zero-order valence-corrected chi connectivity index (χ0v) is 11.3. The largest absolute Gasteiger partial charge is 0.479 e. The minimum atomic E-state index is -5.13. The topological polar surface area (TPSA) is 91.3 Å². The Labute approximate surface area is 118 Å². The third-order valence-corrected chi connectivity index (χ3v) is 2.73. The van der Waals surface area contributed by atoms with Crippen LogP contribution in [0.1, 0.15) is 18.3 Å². The molecule has 0 spiro atoms. The van der Waals surface area contributed by atoms with E-state index in [1.165, 1.54) is 5.32 Å². The molecule has 0 saturated carbocycles. The SMILES string of the molecule is Cc1cccc(CNC(=O)NC(C)(C(=O)O)C(F)(F)F)n1. The van der Waals surface area contributed by atoms with Gasteiger partial charge in [0.15, 0.2) is 0 Å². The van der Waals surface area contributed by atoms with Gasteiger partial charge in [0.2, 0.25) is 5.54 Å². The van der Waals surface area contributed by atoms with Crippen LogP contribution in [0.2, 0.25) is 0 Å². The van der Waals surface area contributed by atoms with Gasteiger partial charge in [-0.15, -0.1) is 0 Å². The summed E-state index contributed by atoms with van der Waals surface area (Å²) in [7, 11) is 0. The predicted octanol–water partition coefficient (Wildman–Crippen LogP) is 1.59. The van der Waals surface area contributed by atoms with Gasteiger partial charge in [-0.05, 0) is 26.0 Å². The molecule has 9 heteroatoms. The zero-order chi connectivity index (χ0) is 16.3. The van der Waals surface area contributed by atoms with Crippen molar-refractivity contribution in [2.24, 2.45) is 0 Å². The number of nitrogens with one attached hydrogen (secondary N) is 2. The second kappa shape index (κ2) is 5.98. The van der Waals surface area contributed by atoms with Gasteiger partial charge in [0, 0.05) is 5.69 Å². The Morgan fingerprint density at radius 3 is 2.43 bits per heavy atom. The Morgan fingerprint density at radius 1 is 1.33 bits per heavy atom. The van der Waals surface area contributed by atoms with Gasteiger partial charge in [-0.2, -0.15) is 13.2 Å². The van der Waals surface area contributed by atoms with E-state index in [1.54, 1.807) is 25.1 Å². The van der Waals surface area contributed by atoms with Crippen LogP contribution < -0.4 is 10.6 Å². The number of aromatic nitrogens is 1. The molecule has 0 radical (unpaired) electrons. The Morgan fingerprint density at radius 2 is 1.95 bits per heavy atom. The lowest BCUT2D eigenvalue weighted by molar-refractivity contribution is -0.203. The van der Waals surface area contributed by atoms with Crippen molar-refractivity contribution in [3.63, 3.8) is 0 Å². The normalized spacial score (nSPS) is 14.1. The van der Waals surface area contributed by atoms with E-state index in [-0.39, 0.29) is 6.54 Å². The maximum atomic E-state index is 12.7. The summed E-state index contributed by atoms with van der Waals surface area (Å²) in [6.07, 6.45) is -5.13. The fraction of sp³-hybridized carbons (Fsp3) is 0.417. The van der Waals surface area contributed by atoms with E-state index in [2.05, 4.69) is 10.3 Å². The molecule has 21 heavy (non-hydrogen) atoms. The summed E-state index contributed by atoms with van der Waals surface area (Å²) < 4.78 is 38.1. The molecule has 1 heterocycles. The van der Waals surface area contributed by atoms with Gasteiger partial charge < -0.3 is 15.7 Å². The Balaban J connectivity index is 2.70. The molecular formula is C12H14F3N3O3. The highest BCUT2D eigenvalue weighted by atomic mass is 19.4. The Bertz CT molecular complexity index is 548. The summed E-state index contributed by atoms with van der Waals surface area (Å²) in [4.78, 5) is 26.2. The van der Waals surface area contributed by atoms with Gasteiger partial charge in [0.1, 0.15) is 0 Å². The van der Waals surface area contributed by atoms with Gasteiger partial charge in [-0.1, -0.05) is 6.07 Å². The minimum Gasteiger partial charge on any atom is -0.479 e. The van der Waals surface area contributed by atoms with Gasteiger partial charge in [0.05, 0.1) is 12.2 Å². The summed E-state index contributed by atoms with van der Waals surface area (Å²) in [6.45, 7) is 1.97. The molecule has 0 aliphatic heterocycles. The molecule has 0 aromatic carbocycles. The molecule has 0 aliphatic carbocycles. The predicted molar refractivity (Wildman–Crippen MR) is 66.4 cm³/mol. The zero-order valence-electron chi connectivity index (χ0n) is 11.3. The van der Waals surface area contributed by atoms with Crippen LogP contribution in [-0.2, 0) is 11.3 Å². The summed E-state index contributed by atoms with van der Waals surface area (Å²) >= 11 is 0. The van der Waals surface area contributed by atoms with Crippen molar-refractivity contribution >= 4 is 12.0 Å². The standard InChI is InChI=1S/C12H14F3N3O3/c1-7-4-3-5-8(17-7)6-16-10(21)18-11(2,9(19)20)12(13,14)15/h3-5H,6H2,1-2H3,(H,19,20)(H2,16,18,21). The number of aryl methyl sites for hydroxylation is 1. The molecular weight excluding hydrogens is 291 g/mol. The molecule has 0 aliphatic rings. The average molecular weight is 305 g/mol. The van der Waals surface area contributed by atoms with E-state index in [0.717, 1.165) is 0 Å². The third-order valence-electron chi connectivity index (χ3n) is 2.73. The fourth-order valence-electron chi connectivity index (χ4n) is 1.39. The van der Waals surface area contributed by atoms with Crippen molar-refractivity contribution in [3.05, 3.63) is 29.6 Å². The number of urea groups is 1. The first-order valence-electron chi connectivity index (χ1n) is 5.85. The van der Waals surface area contributed by atoms with E-state index in [9.17, 15) is 22.8 Å². The number of alkyl halides is 3. The van der Waals surface area contributed by atoms with Crippen LogP contribution in [0.3, 0.4) is 0 Å². The second-order valence-corrected chi connectivity index (χ2v) is 4.51. The maximum Gasteiger partial charge on any atom is 0.422 e. The van der Waals surface area contributed by atoms with Crippen molar-refractivity contribution in [2.45, 2.75) is 32.1 Å². The highest BCUT2D eigenvalue weighted by Crippen LogP contribution is 2.30. The maximum absolute atomic E-state index is 12.7. The molecule has 0 saturated heterocycles. The van der Waals surface area contributed by atoms with Crippen LogP contribution in [-0.4, -0.2) is 33.8 Å². The smallest absolute Gasteiger partial charge is 0.422 e. The van der Waals surface area contributed by atoms with Crippen molar-refractivity contribution in [1.29, 1.82) is 0 Å². The number of hydrogen-bond donors (Lipinski definition) is 3. The highest BCUT2D eigenvalue weighted by Gasteiger charge is 2.58.